The number of carbonyl (C=O) groups excluding carboxylic acids is 1. The van der Waals surface area contributed by atoms with Crippen molar-refractivity contribution in [2.24, 2.45) is 29.4 Å². The van der Waals surface area contributed by atoms with Crippen LogP contribution in [0.1, 0.15) is 46.0 Å². The summed E-state index contributed by atoms with van der Waals surface area (Å²) in [5.41, 5.74) is 6.11. The molecule has 0 aromatic rings. The lowest BCUT2D eigenvalue weighted by molar-refractivity contribution is -0.125. The number of amides is 1. The van der Waals surface area contributed by atoms with E-state index in [0.29, 0.717) is 12.5 Å². The SMILES string of the molecule is CCC(CC)C(N)CNC(=O)C1CC2CC2C1. The molecule has 2 fully saturated rings. The van der Waals surface area contributed by atoms with Gasteiger partial charge in [0.15, 0.2) is 0 Å². The Morgan fingerprint density at radius 2 is 1.82 bits per heavy atom. The second-order valence-corrected chi connectivity index (χ2v) is 5.91. The average molecular weight is 238 g/mol. The maximum atomic E-state index is 11.9. The fourth-order valence-corrected chi connectivity index (χ4v) is 3.35. The summed E-state index contributed by atoms with van der Waals surface area (Å²) in [5, 5.41) is 3.05. The van der Waals surface area contributed by atoms with E-state index < -0.39 is 0 Å². The van der Waals surface area contributed by atoms with E-state index in [4.69, 9.17) is 5.73 Å². The van der Waals surface area contributed by atoms with Gasteiger partial charge in [-0.25, -0.2) is 0 Å². The van der Waals surface area contributed by atoms with Gasteiger partial charge in [-0.2, -0.15) is 0 Å². The molecule has 0 bridgehead atoms. The van der Waals surface area contributed by atoms with E-state index in [1.165, 1.54) is 6.42 Å². The minimum atomic E-state index is 0.116. The van der Waals surface area contributed by atoms with E-state index in [0.717, 1.165) is 37.5 Å². The molecule has 0 aromatic heterocycles. The minimum Gasteiger partial charge on any atom is -0.354 e. The first-order valence-electron chi connectivity index (χ1n) is 7.18. The summed E-state index contributed by atoms with van der Waals surface area (Å²) in [4.78, 5) is 11.9. The Kier molecular flexibility index (Phi) is 4.08. The molecule has 3 nitrogen and oxygen atoms in total. The normalized spacial score (nSPS) is 32.4. The van der Waals surface area contributed by atoms with Gasteiger partial charge in [-0.1, -0.05) is 26.7 Å². The molecular weight excluding hydrogens is 212 g/mol. The number of nitrogens with one attached hydrogen (secondary N) is 1. The lowest BCUT2D eigenvalue weighted by atomic mass is 9.94. The predicted molar refractivity (Wildman–Crippen MR) is 69.4 cm³/mol. The van der Waals surface area contributed by atoms with E-state index in [2.05, 4.69) is 19.2 Å². The molecule has 0 aliphatic heterocycles. The summed E-state index contributed by atoms with van der Waals surface area (Å²) in [7, 11) is 0. The Balaban J connectivity index is 1.68. The topological polar surface area (TPSA) is 55.1 Å². The molecule has 2 aliphatic carbocycles. The first-order valence-corrected chi connectivity index (χ1v) is 7.18. The molecule has 0 heterocycles. The highest BCUT2D eigenvalue weighted by atomic mass is 16.1. The van der Waals surface area contributed by atoms with Crippen molar-refractivity contribution in [3.63, 3.8) is 0 Å². The van der Waals surface area contributed by atoms with E-state index in [1.54, 1.807) is 0 Å². The van der Waals surface area contributed by atoms with Crippen LogP contribution >= 0.6 is 0 Å². The van der Waals surface area contributed by atoms with Gasteiger partial charge in [0.1, 0.15) is 0 Å². The summed E-state index contributed by atoms with van der Waals surface area (Å²) in [6, 6.07) is 0.116. The van der Waals surface area contributed by atoms with Crippen LogP contribution in [-0.2, 0) is 4.79 Å². The predicted octanol–water partition coefficient (Wildman–Crippen LogP) is 1.91. The number of carbonyl (C=O) groups is 1. The van der Waals surface area contributed by atoms with Crippen molar-refractivity contribution in [3.8, 4) is 0 Å². The van der Waals surface area contributed by atoms with E-state index >= 15 is 0 Å². The molecule has 17 heavy (non-hydrogen) atoms. The first kappa shape index (κ1) is 12.9. The van der Waals surface area contributed by atoms with E-state index in [1.807, 2.05) is 0 Å². The van der Waals surface area contributed by atoms with Gasteiger partial charge in [0, 0.05) is 18.5 Å². The van der Waals surface area contributed by atoms with Crippen molar-refractivity contribution in [2.75, 3.05) is 6.54 Å². The molecule has 2 saturated carbocycles. The quantitative estimate of drug-likeness (QED) is 0.742. The largest absolute Gasteiger partial charge is 0.354 e. The third kappa shape index (κ3) is 3.01. The fourth-order valence-electron chi connectivity index (χ4n) is 3.35. The zero-order valence-electron chi connectivity index (χ0n) is 11.1. The summed E-state index contributed by atoms with van der Waals surface area (Å²) in [5.74, 6) is 2.82. The number of rotatable bonds is 6. The molecule has 98 valence electrons. The molecule has 3 heteroatoms. The summed E-state index contributed by atoms with van der Waals surface area (Å²) in [6.45, 7) is 4.98. The highest BCUT2D eigenvalue weighted by Crippen LogP contribution is 2.54. The summed E-state index contributed by atoms with van der Waals surface area (Å²) in [6.07, 6.45) is 5.81. The van der Waals surface area contributed by atoms with Crippen molar-refractivity contribution in [2.45, 2.75) is 52.0 Å². The highest BCUT2D eigenvalue weighted by Gasteiger charge is 2.47. The van der Waals surface area contributed by atoms with Crippen LogP contribution in [0.3, 0.4) is 0 Å². The van der Waals surface area contributed by atoms with Crippen LogP contribution in [0.5, 0.6) is 0 Å². The smallest absolute Gasteiger partial charge is 0.223 e. The van der Waals surface area contributed by atoms with Crippen molar-refractivity contribution >= 4 is 5.91 Å². The second kappa shape index (κ2) is 5.38. The van der Waals surface area contributed by atoms with Crippen molar-refractivity contribution in [1.82, 2.24) is 5.32 Å². The number of hydrogen-bond acceptors (Lipinski definition) is 2. The molecule has 0 aromatic carbocycles. The van der Waals surface area contributed by atoms with Gasteiger partial charge in [-0.05, 0) is 37.0 Å². The zero-order chi connectivity index (χ0) is 12.4. The second-order valence-electron chi connectivity index (χ2n) is 5.91. The van der Waals surface area contributed by atoms with Crippen LogP contribution in [0.15, 0.2) is 0 Å². The fraction of sp³-hybridized carbons (Fsp3) is 0.929. The van der Waals surface area contributed by atoms with Crippen LogP contribution in [0, 0.1) is 23.7 Å². The van der Waals surface area contributed by atoms with Gasteiger partial charge in [-0.15, -0.1) is 0 Å². The van der Waals surface area contributed by atoms with Crippen LogP contribution in [-0.4, -0.2) is 18.5 Å². The zero-order valence-corrected chi connectivity index (χ0v) is 11.1. The third-order valence-corrected chi connectivity index (χ3v) is 4.78. The Morgan fingerprint density at radius 1 is 1.24 bits per heavy atom. The van der Waals surface area contributed by atoms with Gasteiger partial charge in [0.2, 0.25) is 5.91 Å². The average Bonchev–Trinajstić information content (AvgIpc) is 2.94. The van der Waals surface area contributed by atoms with Crippen molar-refractivity contribution < 1.29 is 4.79 Å². The number of nitrogens with two attached hydrogens (primary N) is 1. The minimum absolute atomic E-state index is 0.116. The lowest BCUT2D eigenvalue weighted by Gasteiger charge is -2.22. The Hall–Kier alpha value is -0.570. The van der Waals surface area contributed by atoms with Gasteiger partial charge in [0.25, 0.3) is 0 Å². The molecular formula is C14H26N2O. The monoisotopic (exact) mass is 238 g/mol. The first-order chi connectivity index (χ1) is 8.15. The van der Waals surface area contributed by atoms with Crippen LogP contribution in [0.4, 0.5) is 0 Å². The van der Waals surface area contributed by atoms with Crippen molar-refractivity contribution in [1.29, 1.82) is 0 Å². The molecule has 2 rings (SSSR count). The van der Waals surface area contributed by atoms with Crippen LogP contribution in [0.2, 0.25) is 0 Å². The van der Waals surface area contributed by atoms with Gasteiger partial charge >= 0.3 is 0 Å². The summed E-state index contributed by atoms with van der Waals surface area (Å²) < 4.78 is 0. The molecule has 2 aliphatic rings. The molecule has 0 spiro atoms. The highest BCUT2D eigenvalue weighted by molar-refractivity contribution is 5.79. The number of hydrogen-bond donors (Lipinski definition) is 2. The van der Waals surface area contributed by atoms with Crippen LogP contribution < -0.4 is 11.1 Å². The lowest BCUT2D eigenvalue weighted by Crippen LogP contribution is -2.43. The van der Waals surface area contributed by atoms with Crippen LogP contribution in [0.25, 0.3) is 0 Å². The Labute approximate surface area is 105 Å². The van der Waals surface area contributed by atoms with Gasteiger partial charge in [-0.3, -0.25) is 4.79 Å². The Bertz CT molecular complexity index is 265. The van der Waals surface area contributed by atoms with E-state index in [-0.39, 0.29) is 17.9 Å². The van der Waals surface area contributed by atoms with Gasteiger partial charge in [0.05, 0.1) is 0 Å². The third-order valence-electron chi connectivity index (χ3n) is 4.78. The molecule has 0 radical (unpaired) electrons. The molecule has 1 amide bonds. The molecule has 0 saturated heterocycles. The Morgan fingerprint density at radius 3 is 2.35 bits per heavy atom. The number of fused-ring (bicyclic) bond motifs is 1. The van der Waals surface area contributed by atoms with Gasteiger partial charge < -0.3 is 11.1 Å². The maximum absolute atomic E-state index is 11.9. The maximum Gasteiger partial charge on any atom is 0.223 e. The molecule has 3 N–H and O–H groups in total. The molecule has 3 atom stereocenters. The van der Waals surface area contributed by atoms with E-state index in [9.17, 15) is 4.79 Å². The summed E-state index contributed by atoms with van der Waals surface area (Å²) >= 11 is 0. The molecule has 3 unspecified atom stereocenters. The standard InChI is InChI=1S/C14H26N2O/c1-3-9(4-2)13(15)8-16-14(17)12-6-10-5-11(10)7-12/h9-13H,3-8,15H2,1-2H3,(H,16,17). The van der Waals surface area contributed by atoms with Crippen molar-refractivity contribution in [3.05, 3.63) is 0 Å².